The van der Waals surface area contributed by atoms with Gasteiger partial charge in [-0.2, -0.15) is 0 Å². The first-order valence-corrected chi connectivity index (χ1v) is 10.2. The molecule has 0 aliphatic carbocycles. The van der Waals surface area contributed by atoms with E-state index < -0.39 is 5.60 Å². The lowest BCUT2D eigenvalue weighted by molar-refractivity contribution is -0.0489. The molecule has 29 heavy (non-hydrogen) atoms. The van der Waals surface area contributed by atoms with E-state index in [0.29, 0.717) is 13.0 Å². The Morgan fingerprint density at radius 3 is 2.41 bits per heavy atom. The average molecular weight is 398 g/mol. The highest BCUT2D eigenvalue weighted by Crippen LogP contribution is 2.35. The van der Waals surface area contributed by atoms with Crippen LogP contribution < -0.4 is 4.74 Å². The normalized spacial score (nSPS) is 19.7. The molecule has 1 fully saturated rings. The number of rotatable bonds is 6. The topological polar surface area (TPSA) is 59.0 Å². The molecule has 1 N–H and O–H groups in total. The van der Waals surface area contributed by atoms with E-state index in [1.54, 1.807) is 12.0 Å². The lowest BCUT2D eigenvalue weighted by Crippen LogP contribution is -2.55. The van der Waals surface area contributed by atoms with Crippen molar-refractivity contribution in [2.75, 3.05) is 13.7 Å². The monoisotopic (exact) mass is 397 g/mol. The van der Waals surface area contributed by atoms with Crippen LogP contribution in [0.2, 0.25) is 0 Å². The zero-order valence-electron chi connectivity index (χ0n) is 17.5. The predicted octanol–water partition coefficient (Wildman–Crippen LogP) is 4.43. The second-order valence-electron chi connectivity index (χ2n) is 8.26. The number of carbonyl (C=O) groups is 1. The van der Waals surface area contributed by atoms with E-state index in [-0.39, 0.29) is 24.7 Å². The van der Waals surface area contributed by atoms with Gasteiger partial charge in [-0.1, -0.05) is 42.5 Å². The van der Waals surface area contributed by atoms with Crippen molar-refractivity contribution < 1.29 is 19.4 Å². The number of hydrogen-bond acceptors (Lipinski definition) is 4. The first-order valence-electron chi connectivity index (χ1n) is 10.2. The Morgan fingerprint density at radius 1 is 1.10 bits per heavy atom. The molecule has 5 heteroatoms. The summed E-state index contributed by atoms with van der Waals surface area (Å²) in [5.41, 5.74) is 1.19. The Balaban J connectivity index is 1.77. The molecule has 5 nitrogen and oxygen atoms in total. The van der Waals surface area contributed by atoms with E-state index in [1.807, 2.05) is 68.4 Å². The van der Waals surface area contributed by atoms with Gasteiger partial charge in [0, 0.05) is 18.5 Å². The molecule has 1 aliphatic heterocycles. The van der Waals surface area contributed by atoms with Crippen LogP contribution in [0.3, 0.4) is 0 Å². The van der Waals surface area contributed by atoms with Crippen molar-refractivity contribution >= 4 is 6.09 Å². The van der Waals surface area contributed by atoms with Gasteiger partial charge in [0.1, 0.15) is 12.4 Å². The number of methoxy groups -OCH3 is 1. The van der Waals surface area contributed by atoms with E-state index in [4.69, 9.17) is 9.47 Å². The van der Waals surface area contributed by atoms with Crippen molar-refractivity contribution in [2.45, 2.75) is 51.4 Å². The molecule has 156 valence electrons. The largest absolute Gasteiger partial charge is 0.497 e. The van der Waals surface area contributed by atoms with Gasteiger partial charge in [-0.3, -0.25) is 0 Å². The van der Waals surface area contributed by atoms with Crippen LogP contribution in [0, 0.1) is 5.92 Å². The Bertz CT molecular complexity index is 783. The third-order valence-corrected chi connectivity index (χ3v) is 5.73. The molecule has 0 spiro atoms. The van der Waals surface area contributed by atoms with Gasteiger partial charge >= 0.3 is 6.09 Å². The fraction of sp³-hybridized carbons (Fsp3) is 0.458. The number of aliphatic hydroxyl groups is 1. The number of amides is 1. The van der Waals surface area contributed by atoms with Gasteiger partial charge in [-0.05, 0) is 56.4 Å². The van der Waals surface area contributed by atoms with Crippen LogP contribution in [0.15, 0.2) is 54.6 Å². The summed E-state index contributed by atoms with van der Waals surface area (Å²) >= 11 is 0. The average Bonchev–Trinajstić information content (AvgIpc) is 2.72. The number of carbonyl (C=O) groups excluding carboxylic acids is 1. The van der Waals surface area contributed by atoms with E-state index in [2.05, 4.69) is 0 Å². The van der Waals surface area contributed by atoms with Crippen molar-refractivity contribution in [3.05, 3.63) is 65.7 Å². The summed E-state index contributed by atoms with van der Waals surface area (Å²) in [6.07, 6.45) is 2.08. The smallest absolute Gasteiger partial charge is 0.410 e. The molecule has 1 aliphatic rings. The molecule has 1 heterocycles. The number of piperidine rings is 1. The molecule has 2 atom stereocenters. The zero-order valence-corrected chi connectivity index (χ0v) is 17.5. The molecule has 0 aromatic heterocycles. The van der Waals surface area contributed by atoms with Crippen LogP contribution >= 0.6 is 0 Å². The van der Waals surface area contributed by atoms with E-state index in [0.717, 1.165) is 29.7 Å². The molecule has 3 rings (SSSR count). The summed E-state index contributed by atoms with van der Waals surface area (Å²) in [4.78, 5) is 14.8. The van der Waals surface area contributed by atoms with Crippen molar-refractivity contribution in [1.82, 2.24) is 4.90 Å². The fourth-order valence-corrected chi connectivity index (χ4v) is 4.17. The minimum atomic E-state index is -0.879. The van der Waals surface area contributed by atoms with Gasteiger partial charge in [-0.25, -0.2) is 4.79 Å². The molecule has 0 radical (unpaired) electrons. The van der Waals surface area contributed by atoms with Gasteiger partial charge in [0.05, 0.1) is 12.7 Å². The lowest BCUT2D eigenvalue weighted by Gasteiger charge is -2.45. The Labute approximate surface area is 173 Å². The van der Waals surface area contributed by atoms with Crippen molar-refractivity contribution in [3.63, 3.8) is 0 Å². The van der Waals surface area contributed by atoms with Gasteiger partial charge < -0.3 is 19.5 Å². The number of benzene rings is 2. The third kappa shape index (κ3) is 5.51. The van der Waals surface area contributed by atoms with Crippen molar-refractivity contribution in [2.24, 2.45) is 5.92 Å². The molecule has 0 saturated carbocycles. The van der Waals surface area contributed by atoms with Crippen LogP contribution in [0.4, 0.5) is 4.79 Å². The predicted molar refractivity (Wildman–Crippen MR) is 113 cm³/mol. The molecule has 0 bridgehead atoms. The Kier molecular flexibility index (Phi) is 6.80. The maximum absolute atomic E-state index is 12.9. The molecular formula is C24H31NO4. The molecular weight excluding hydrogens is 366 g/mol. The highest BCUT2D eigenvalue weighted by atomic mass is 16.6. The second-order valence-corrected chi connectivity index (χ2v) is 8.26. The van der Waals surface area contributed by atoms with E-state index in [1.165, 1.54) is 0 Å². The van der Waals surface area contributed by atoms with Gasteiger partial charge in [0.2, 0.25) is 0 Å². The Hall–Kier alpha value is -2.53. The summed E-state index contributed by atoms with van der Waals surface area (Å²) in [6.45, 7) is 4.55. The summed E-state index contributed by atoms with van der Waals surface area (Å²) in [7, 11) is 1.64. The van der Waals surface area contributed by atoms with E-state index in [9.17, 15) is 9.90 Å². The van der Waals surface area contributed by atoms with Gasteiger partial charge in [0.15, 0.2) is 0 Å². The van der Waals surface area contributed by atoms with Crippen molar-refractivity contribution in [1.29, 1.82) is 0 Å². The summed E-state index contributed by atoms with van der Waals surface area (Å²) < 4.78 is 10.9. The van der Waals surface area contributed by atoms with E-state index >= 15 is 0 Å². The SMILES string of the molecule is COc1ccc(C[C@@H]2[C@H](C(C)(C)O)CCCN2C(=O)OCc2ccccc2)cc1. The molecule has 2 aromatic rings. The first kappa shape index (κ1) is 21.2. The summed E-state index contributed by atoms with van der Waals surface area (Å²) in [5.74, 6) is 0.776. The maximum atomic E-state index is 12.9. The number of nitrogens with zero attached hydrogens (tertiary/aromatic N) is 1. The highest BCUT2D eigenvalue weighted by molar-refractivity contribution is 5.68. The second kappa shape index (κ2) is 9.31. The molecule has 0 unspecified atom stereocenters. The van der Waals surface area contributed by atoms with Crippen molar-refractivity contribution in [3.8, 4) is 5.75 Å². The lowest BCUT2D eigenvalue weighted by atomic mass is 9.76. The highest BCUT2D eigenvalue weighted by Gasteiger charge is 2.42. The van der Waals surface area contributed by atoms with Gasteiger partial charge in [0.25, 0.3) is 0 Å². The zero-order chi connectivity index (χ0) is 20.9. The van der Waals surface area contributed by atoms with Crippen LogP contribution in [0.1, 0.15) is 37.8 Å². The van der Waals surface area contributed by atoms with Crippen LogP contribution in [0.25, 0.3) is 0 Å². The molecule has 1 saturated heterocycles. The Morgan fingerprint density at radius 2 is 1.79 bits per heavy atom. The number of ether oxygens (including phenoxy) is 2. The van der Waals surface area contributed by atoms with Gasteiger partial charge in [-0.15, -0.1) is 0 Å². The summed E-state index contributed by atoms with van der Waals surface area (Å²) in [6, 6.07) is 17.4. The maximum Gasteiger partial charge on any atom is 0.410 e. The third-order valence-electron chi connectivity index (χ3n) is 5.73. The minimum absolute atomic E-state index is 0.0253. The standard InChI is InChI=1S/C24H31NO4/c1-24(2,27)21-10-7-15-25(23(26)29-17-19-8-5-4-6-9-19)22(21)16-18-11-13-20(28-3)14-12-18/h4-6,8-9,11-14,21-22,27H,7,10,15-17H2,1-3H3/t21-,22-/m1/s1. The molecule has 1 amide bonds. The van der Waals surface area contributed by atoms with Crippen LogP contribution in [-0.2, 0) is 17.8 Å². The molecule has 2 aromatic carbocycles. The van der Waals surface area contributed by atoms with Crippen LogP contribution in [0.5, 0.6) is 5.75 Å². The number of hydrogen-bond donors (Lipinski definition) is 1. The minimum Gasteiger partial charge on any atom is -0.497 e. The van der Waals surface area contributed by atoms with Crippen LogP contribution in [-0.4, -0.2) is 41.4 Å². The first-order chi connectivity index (χ1) is 13.9. The number of likely N-dealkylation sites (tertiary alicyclic amines) is 1. The summed E-state index contributed by atoms with van der Waals surface area (Å²) in [5, 5.41) is 10.8. The fourth-order valence-electron chi connectivity index (χ4n) is 4.17. The quantitative estimate of drug-likeness (QED) is 0.784.